The standard InChI is InChI=1S/C13H18INO2/c1-13(2,3)17-12(16)8-11(15)9-6-4-5-7-10(9)14/h4-7,11H,8,15H2,1-3H3/t11-/m1/s1. The van der Waals surface area contributed by atoms with Crippen molar-refractivity contribution in [2.45, 2.75) is 38.8 Å². The van der Waals surface area contributed by atoms with Crippen LogP contribution in [0.2, 0.25) is 0 Å². The molecule has 0 amide bonds. The van der Waals surface area contributed by atoms with Gasteiger partial charge in [-0.3, -0.25) is 4.79 Å². The molecule has 0 aliphatic carbocycles. The van der Waals surface area contributed by atoms with Crippen LogP contribution in [0, 0.1) is 3.57 Å². The van der Waals surface area contributed by atoms with Crippen LogP contribution in [0.15, 0.2) is 24.3 Å². The van der Waals surface area contributed by atoms with Gasteiger partial charge in [0.05, 0.1) is 6.42 Å². The van der Waals surface area contributed by atoms with Crippen molar-refractivity contribution in [1.82, 2.24) is 0 Å². The predicted octanol–water partition coefficient (Wildman–Crippen LogP) is 3.02. The van der Waals surface area contributed by atoms with Gasteiger partial charge in [-0.25, -0.2) is 0 Å². The molecule has 0 radical (unpaired) electrons. The summed E-state index contributed by atoms with van der Waals surface area (Å²) >= 11 is 2.22. The van der Waals surface area contributed by atoms with E-state index in [0.29, 0.717) is 0 Å². The van der Waals surface area contributed by atoms with E-state index in [1.807, 2.05) is 45.0 Å². The van der Waals surface area contributed by atoms with Gasteiger partial charge in [-0.1, -0.05) is 18.2 Å². The van der Waals surface area contributed by atoms with E-state index >= 15 is 0 Å². The van der Waals surface area contributed by atoms with Crippen molar-refractivity contribution in [3.63, 3.8) is 0 Å². The van der Waals surface area contributed by atoms with Gasteiger partial charge in [0.2, 0.25) is 0 Å². The summed E-state index contributed by atoms with van der Waals surface area (Å²) in [6.45, 7) is 5.55. The van der Waals surface area contributed by atoms with Crippen LogP contribution >= 0.6 is 22.6 Å². The van der Waals surface area contributed by atoms with Gasteiger partial charge in [-0.05, 0) is 55.0 Å². The van der Waals surface area contributed by atoms with Gasteiger partial charge in [-0.2, -0.15) is 0 Å². The summed E-state index contributed by atoms with van der Waals surface area (Å²) in [6, 6.07) is 7.48. The Kier molecular flexibility index (Phi) is 4.94. The first-order chi connectivity index (χ1) is 7.79. The zero-order valence-electron chi connectivity index (χ0n) is 10.4. The van der Waals surface area contributed by atoms with Crippen LogP contribution in [-0.4, -0.2) is 11.6 Å². The fraction of sp³-hybridized carbons (Fsp3) is 0.462. The van der Waals surface area contributed by atoms with Crippen molar-refractivity contribution in [3.05, 3.63) is 33.4 Å². The third kappa shape index (κ3) is 5.04. The second-order valence-corrected chi connectivity index (χ2v) is 6.08. The average molecular weight is 347 g/mol. The average Bonchev–Trinajstić information content (AvgIpc) is 2.14. The predicted molar refractivity (Wildman–Crippen MR) is 76.5 cm³/mol. The summed E-state index contributed by atoms with van der Waals surface area (Å²) in [5.74, 6) is -0.260. The second-order valence-electron chi connectivity index (χ2n) is 4.92. The lowest BCUT2D eigenvalue weighted by Gasteiger charge is -2.21. The maximum absolute atomic E-state index is 11.6. The highest BCUT2D eigenvalue weighted by Gasteiger charge is 2.20. The van der Waals surface area contributed by atoms with E-state index in [0.717, 1.165) is 9.13 Å². The summed E-state index contributed by atoms with van der Waals surface area (Å²) in [5, 5.41) is 0. The first-order valence-corrected chi connectivity index (χ1v) is 6.59. The largest absolute Gasteiger partial charge is 0.460 e. The van der Waals surface area contributed by atoms with E-state index < -0.39 is 5.60 Å². The number of nitrogens with two attached hydrogens (primary N) is 1. The number of hydrogen-bond acceptors (Lipinski definition) is 3. The van der Waals surface area contributed by atoms with Crippen LogP contribution in [-0.2, 0) is 9.53 Å². The van der Waals surface area contributed by atoms with Crippen molar-refractivity contribution in [3.8, 4) is 0 Å². The molecule has 1 aromatic carbocycles. The van der Waals surface area contributed by atoms with Crippen LogP contribution in [0.4, 0.5) is 0 Å². The molecular formula is C13H18INO2. The van der Waals surface area contributed by atoms with Crippen LogP contribution in [0.5, 0.6) is 0 Å². The minimum atomic E-state index is -0.458. The normalized spacial score (nSPS) is 13.2. The fourth-order valence-electron chi connectivity index (χ4n) is 1.45. The van der Waals surface area contributed by atoms with Gasteiger partial charge in [0, 0.05) is 9.61 Å². The minimum Gasteiger partial charge on any atom is -0.460 e. The quantitative estimate of drug-likeness (QED) is 0.676. The molecule has 3 nitrogen and oxygen atoms in total. The zero-order chi connectivity index (χ0) is 13.1. The van der Waals surface area contributed by atoms with E-state index in [-0.39, 0.29) is 18.4 Å². The summed E-state index contributed by atoms with van der Waals surface area (Å²) in [5.41, 5.74) is 6.54. The molecule has 17 heavy (non-hydrogen) atoms. The van der Waals surface area contributed by atoms with E-state index in [1.54, 1.807) is 0 Å². The number of benzene rings is 1. The monoisotopic (exact) mass is 347 g/mol. The molecule has 0 spiro atoms. The molecule has 0 unspecified atom stereocenters. The Bertz CT molecular complexity index is 399. The first-order valence-electron chi connectivity index (χ1n) is 5.51. The van der Waals surface area contributed by atoms with Crippen molar-refractivity contribution < 1.29 is 9.53 Å². The Labute approximate surface area is 116 Å². The number of esters is 1. The van der Waals surface area contributed by atoms with E-state index in [1.165, 1.54) is 0 Å². The molecule has 0 aliphatic rings. The highest BCUT2D eigenvalue weighted by molar-refractivity contribution is 14.1. The Balaban J connectivity index is 2.64. The molecule has 0 saturated heterocycles. The zero-order valence-corrected chi connectivity index (χ0v) is 12.5. The lowest BCUT2D eigenvalue weighted by molar-refractivity contribution is -0.155. The molecule has 0 saturated carbocycles. The first kappa shape index (κ1) is 14.4. The molecule has 0 aromatic heterocycles. The van der Waals surface area contributed by atoms with Gasteiger partial charge in [-0.15, -0.1) is 0 Å². The van der Waals surface area contributed by atoms with E-state index in [9.17, 15) is 4.79 Å². The van der Waals surface area contributed by atoms with E-state index in [4.69, 9.17) is 10.5 Å². The van der Waals surface area contributed by atoms with Crippen molar-refractivity contribution in [1.29, 1.82) is 0 Å². The number of rotatable bonds is 3. The SMILES string of the molecule is CC(C)(C)OC(=O)C[C@@H](N)c1ccccc1I. The van der Waals surface area contributed by atoms with Crippen LogP contribution < -0.4 is 5.73 Å². The lowest BCUT2D eigenvalue weighted by Crippen LogP contribution is -2.26. The molecule has 1 aromatic rings. The third-order valence-corrected chi connectivity index (χ3v) is 3.09. The summed E-state index contributed by atoms with van der Waals surface area (Å²) in [4.78, 5) is 11.6. The van der Waals surface area contributed by atoms with Crippen molar-refractivity contribution in [2.24, 2.45) is 5.73 Å². The van der Waals surface area contributed by atoms with Crippen molar-refractivity contribution >= 4 is 28.6 Å². The molecule has 94 valence electrons. The Hall–Kier alpha value is -0.620. The fourth-order valence-corrected chi connectivity index (χ4v) is 2.24. The molecule has 0 bridgehead atoms. The molecule has 1 atom stereocenters. The van der Waals surface area contributed by atoms with Crippen LogP contribution in [0.25, 0.3) is 0 Å². The highest BCUT2D eigenvalue weighted by Crippen LogP contribution is 2.21. The molecule has 4 heteroatoms. The molecule has 0 fully saturated rings. The number of hydrogen-bond donors (Lipinski definition) is 1. The smallest absolute Gasteiger partial charge is 0.308 e. The molecule has 1 rings (SSSR count). The van der Waals surface area contributed by atoms with Crippen molar-refractivity contribution in [2.75, 3.05) is 0 Å². The number of ether oxygens (including phenoxy) is 1. The van der Waals surface area contributed by atoms with Gasteiger partial charge in [0.15, 0.2) is 0 Å². The summed E-state index contributed by atoms with van der Waals surface area (Å²) in [6.07, 6.45) is 0.206. The van der Waals surface area contributed by atoms with Crippen LogP contribution in [0.1, 0.15) is 38.8 Å². The van der Waals surface area contributed by atoms with E-state index in [2.05, 4.69) is 22.6 Å². The maximum Gasteiger partial charge on any atom is 0.308 e. The molecule has 0 heterocycles. The topological polar surface area (TPSA) is 52.3 Å². The van der Waals surface area contributed by atoms with Gasteiger partial charge in [0.25, 0.3) is 0 Å². The van der Waals surface area contributed by atoms with Gasteiger partial charge >= 0.3 is 5.97 Å². The highest BCUT2D eigenvalue weighted by atomic mass is 127. The molecule has 0 aliphatic heterocycles. The minimum absolute atomic E-state index is 0.206. The van der Waals surface area contributed by atoms with Crippen LogP contribution in [0.3, 0.4) is 0 Å². The number of carbonyl (C=O) groups is 1. The lowest BCUT2D eigenvalue weighted by atomic mass is 10.0. The number of halogens is 1. The Morgan fingerprint density at radius 1 is 1.41 bits per heavy atom. The Morgan fingerprint density at radius 2 is 2.00 bits per heavy atom. The third-order valence-electron chi connectivity index (χ3n) is 2.11. The number of carbonyl (C=O) groups excluding carboxylic acids is 1. The molecular weight excluding hydrogens is 329 g/mol. The summed E-state index contributed by atoms with van der Waals surface area (Å²) in [7, 11) is 0. The molecule has 2 N–H and O–H groups in total. The Morgan fingerprint density at radius 3 is 2.53 bits per heavy atom. The summed E-state index contributed by atoms with van der Waals surface area (Å²) < 4.78 is 6.32. The maximum atomic E-state index is 11.6. The van der Waals surface area contributed by atoms with Gasteiger partial charge in [0.1, 0.15) is 5.60 Å². The second kappa shape index (κ2) is 5.82. The van der Waals surface area contributed by atoms with Gasteiger partial charge < -0.3 is 10.5 Å².